The number of ether oxygens (including phenoxy) is 1. The summed E-state index contributed by atoms with van der Waals surface area (Å²) in [6, 6.07) is 2.80. The average molecular weight is 498 g/mol. The summed E-state index contributed by atoms with van der Waals surface area (Å²) in [4.78, 5) is 22.5. The summed E-state index contributed by atoms with van der Waals surface area (Å²) in [5, 5.41) is 4.54. The molecule has 0 saturated carbocycles. The van der Waals surface area contributed by atoms with Crippen molar-refractivity contribution in [3.63, 3.8) is 0 Å². The lowest BCUT2D eigenvalue weighted by Crippen LogP contribution is -2.44. The largest absolute Gasteiger partial charge is 0.377 e. The quantitative estimate of drug-likeness (QED) is 0.631. The minimum atomic E-state index is -3.59. The summed E-state index contributed by atoms with van der Waals surface area (Å²) in [6.07, 6.45) is 1.10. The molecule has 1 atom stereocenters. The molecule has 2 N–H and O–H groups in total. The Kier molecular flexibility index (Phi) is 7.41. The first-order valence-corrected chi connectivity index (χ1v) is 12.7. The standard InChI is InChI=1S/C22H29F2N5O4S/c1-6-25-21(30)28-19-15(23)9-14(10-16(19)24)20-26-17(22(3,4)34(5,31)32)11-18(27-20)29-7-8-33-12-13(29)2/h9-11,13H,6-8,12H2,1-5H3,(H2,25,28,30)/t13-/m0/s1. The van der Waals surface area contributed by atoms with Gasteiger partial charge in [-0.1, -0.05) is 0 Å². The maximum Gasteiger partial charge on any atom is 0.319 e. The van der Waals surface area contributed by atoms with Crippen LogP contribution in [-0.2, 0) is 19.3 Å². The van der Waals surface area contributed by atoms with Crippen molar-refractivity contribution in [2.24, 2.45) is 0 Å². The fourth-order valence-corrected chi connectivity index (χ4v) is 3.90. The first-order valence-electron chi connectivity index (χ1n) is 10.8. The summed E-state index contributed by atoms with van der Waals surface area (Å²) in [7, 11) is -3.59. The molecule has 1 aliphatic rings. The Bertz CT molecular complexity index is 1170. The van der Waals surface area contributed by atoms with Crippen molar-refractivity contribution in [1.29, 1.82) is 0 Å². The van der Waals surface area contributed by atoms with Gasteiger partial charge in [0.25, 0.3) is 0 Å². The van der Waals surface area contributed by atoms with Gasteiger partial charge in [-0.3, -0.25) is 0 Å². The second-order valence-electron chi connectivity index (χ2n) is 8.63. The van der Waals surface area contributed by atoms with E-state index in [1.54, 1.807) is 13.0 Å². The van der Waals surface area contributed by atoms with E-state index in [1.807, 2.05) is 11.8 Å². The number of nitrogens with zero attached hydrogens (tertiary/aromatic N) is 3. The lowest BCUT2D eigenvalue weighted by atomic mass is 10.1. The van der Waals surface area contributed by atoms with E-state index >= 15 is 0 Å². The maximum absolute atomic E-state index is 14.8. The van der Waals surface area contributed by atoms with E-state index in [4.69, 9.17) is 4.74 Å². The van der Waals surface area contributed by atoms with Crippen LogP contribution < -0.4 is 15.5 Å². The van der Waals surface area contributed by atoms with E-state index in [2.05, 4.69) is 20.6 Å². The number of rotatable bonds is 6. The molecule has 0 spiro atoms. The first kappa shape index (κ1) is 25.8. The van der Waals surface area contributed by atoms with Crippen LogP contribution in [0, 0.1) is 11.6 Å². The van der Waals surface area contributed by atoms with Crippen LogP contribution in [0.1, 0.15) is 33.4 Å². The smallest absolute Gasteiger partial charge is 0.319 e. The fraction of sp³-hybridized carbons (Fsp3) is 0.500. The highest BCUT2D eigenvalue weighted by atomic mass is 32.2. The highest BCUT2D eigenvalue weighted by molar-refractivity contribution is 7.91. The number of aromatic nitrogens is 2. The minimum Gasteiger partial charge on any atom is -0.377 e. The molecule has 186 valence electrons. The Morgan fingerprint density at radius 1 is 1.24 bits per heavy atom. The zero-order chi connectivity index (χ0) is 25.3. The van der Waals surface area contributed by atoms with Gasteiger partial charge >= 0.3 is 6.03 Å². The number of carbonyl (C=O) groups is 1. The van der Waals surface area contributed by atoms with E-state index in [-0.39, 0.29) is 29.7 Å². The molecule has 1 saturated heterocycles. The predicted octanol–water partition coefficient (Wildman–Crippen LogP) is 3.07. The Balaban J connectivity index is 2.14. The van der Waals surface area contributed by atoms with Crippen LogP contribution in [0.25, 0.3) is 11.4 Å². The van der Waals surface area contributed by atoms with Crippen LogP contribution >= 0.6 is 0 Å². The summed E-state index contributed by atoms with van der Waals surface area (Å²) in [6.45, 7) is 8.34. The van der Waals surface area contributed by atoms with Crippen molar-refractivity contribution in [2.45, 2.75) is 38.5 Å². The number of morpholine rings is 1. The number of sulfone groups is 1. The third-order valence-corrected chi connectivity index (χ3v) is 7.86. The van der Waals surface area contributed by atoms with E-state index in [0.717, 1.165) is 18.4 Å². The van der Waals surface area contributed by atoms with E-state index in [0.29, 0.717) is 25.6 Å². The van der Waals surface area contributed by atoms with Gasteiger partial charge in [-0.25, -0.2) is 32.0 Å². The van der Waals surface area contributed by atoms with Crippen LogP contribution in [0.2, 0.25) is 0 Å². The minimum absolute atomic E-state index is 0.00441. The third-order valence-electron chi connectivity index (χ3n) is 5.79. The summed E-state index contributed by atoms with van der Waals surface area (Å²) in [5.41, 5.74) is -0.409. The maximum atomic E-state index is 14.8. The molecular formula is C22H29F2N5O4S. The number of urea groups is 1. The van der Waals surface area contributed by atoms with Crippen molar-refractivity contribution < 1.29 is 26.7 Å². The average Bonchev–Trinajstić information content (AvgIpc) is 2.75. The highest BCUT2D eigenvalue weighted by Crippen LogP contribution is 2.33. The summed E-state index contributed by atoms with van der Waals surface area (Å²) < 4.78 is 58.6. The normalized spacial score (nSPS) is 16.9. The summed E-state index contributed by atoms with van der Waals surface area (Å²) >= 11 is 0. The molecule has 2 aromatic rings. The monoisotopic (exact) mass is 497 g/mol. The molecule has 9 nitrogen and oxygen atoms in total. The molecule has 0 bridgehead atoms. The van der Waals surface area contributed by atoms with Crippen LogP contribution in [-0.4, -0.2) is 63.0 Å². The van der Waals surface area contributed by atoms with Gasteiger partial charge in [0.1, 0.15) is 16.3 Å². The molecule has 1 aliphatic heterocycles. The van der Waals surface area contributed by atoms with Gasteiger partial charge in [-0.05, 0) is 39.8 Å². The molecule has 1 aromatic heterocycles. The van der Waals surface area contributed by atoms with Gasteiger partial charge in [0.2, 0.25) is 0 Å². The van der Waals surface area contributed by atoms with Gasteiger partial charge in [0.05, 0.1) is 24.9 Å². The van der Waals surface area contributed by atoms with E-state index in [9.17, 15) is 22.0 Å². The van der Waals surface area contributed by atoms with Gasteiger partial charge in [0, 0.05) is 31.0 Å². The molecule has 0 radical (unpaired) electrons. The molecule has 12 heteroatoms. The predicted molar refractivity (Wildman–Crippen MR) is 126 cm³/mol. The zero-order valence-electron chi connectivity index (χ0n) is 19.8. The molecule has 2 heterocycles. The highest BCUT2D eigenvalue weighted by Gasteiger charge is 2.36. The van der Waals surface area contributed by atoms with Crippen molar-refractivity contribution in [1.82, 2.24) is 15.3 Å². The number of hydrogen-bond acceptors (Lipinski definition) is 7. The first-order chi connectivity index (χ1) is 15.8. The molecule has 0 aliphatic carbocycles. The second-order valence-corrected chi connectivity index (χ2v) is 11.2. The van der Waals surface area contributed by atoms with Gasteiger partial charge in [-0.2, -0.15) is 0 Å². The lowest BCUT2D eigenvalue weighted by Gasteiger charge is -2.35. The fourth-order valence-electron chi connectivity index (χ4n) is 3.42. The van der Waals surface area contributed by atoms with E-state index in [1.165, 1.54) is 13.8 Å². The Morgan fingerprint density at radius 3 is 2.44 bits per heavy atom. The molecule has 2 amide bonds. The van der Waals surface area contributed by atoms with Crippen LogP contribution in [0.4, 0.5) is 25.1 Å². The number of anilines is 2. The number of nitrogens with one attached hydrogen (secondary N) is 2. The molecule has 1 fully saturated rings. The van der Waals surface area contributed by atoms with E-state index < -0.39 is 37.9 Å². The van der Waals surface area contributed by atoms with Gasteiger partial charge < -0.3 is 20.3 Å². The number of hydrogen-bond donors (Lipinski definition) is 2. The molecular weight excluding hydrogens is 468 g/mol. The van der Waals surface area contributed by atoms with Crippen LogP contribution in [0.15, 0.2) is 18.2 Å². The van der Waals surface area contributed by atoms with Crippen molar-refractivity contribution in [3.05, 3.63) is 35.5 Å². The SMILES string of the molecule is CCNC(=O)Nc1c(F)cc(-c2nc(N3CCOC[C@@H]3C)cc(C(C)(C)S(C)(=O)=O)n2)cc1F. The Labute approximate surface area is 197 Å². The number of carbonyl (C=O) groups excluding carboxylic acids is 1. The zero-order valence-corrected chi connectivity index (χ0v) is 20.6. The third kappa shape index (κ3) is 5.27. The second kappa shape index (κ2) is 9.79. The summed E-state index contributed by atoms with van der Waals surface area (Å²) in [5.74, 6) is -1.64. The Hall–Kier alpha value is -2.86. The van der Waals surface area contributed by atoms with Crippen LogP contribution in [0.3, 0.4) is 0 Å². The molecule has 1 aromatic carbocycles. The molecule has 0 unspecified atom stereocenters. The lowest BCUT2D eigenvalue weighted by molar-refractivity contribution is 0.0985. The molecule has 34 heavy (non-hydrogen) atoms. The van der Waals surface area contributed by atoms with Crippen LogP contribution in [0.5, 0.6) is 0 Å². The topological polar surface area (TPSA) is 114 Å². The number of amides is 2. The van der Waals surface area contributed by atoms with Gasteiger partial charge in [0.15, 0.2) is 27.3 Å². The van der Waals surface area contributed by atoms with Crippen molar-refractivity contribution in [2.75, 3.05) is 42.8 Å². The Morgan fingerprint density at radius 2 is 1.88 bits per heavy atom. The van der Waals surface area contributed by atoms with Crippen molar-refractivity contribution in [3.8, 4) is 11.4 Å². The van der Waals surface area contributed by atoms with Gasteiger partial charge in [-0.15, -0.1) is 0 Å². The number of halogens is 2. The number of benzene rings is 1. The van der Waals surface area contributed by atoms with Crippen molar-refractivity contribution >= 4 is 27.4 Å². The molecule has 3 rings (SSSR count).